The Bertz CT molecular complexity index is 1160. The van der Waals surface area contributed by atoms with Crippen molar-refractivity contribution in [3.8, 4) is 11.5 Å². The summed E-state index contributed by atoms with van der Waals surface area (Å²) in [4.78, 5) is 28.0. The summed E-state index contributed by atoms with van der Waals surface area (Å²) in [7, 11) is 1.66. The van der Waals surface area contributed by atoms with Gasteiger partial charge in [0.05, 0.1) is 26.1 Å². The molecule has 1 fully saturated rings. The molecular weight excluding hydrogens is 394 g/mol. The van der Waals surface area contributed by atoms with Gasteiger partial charge in [-0.25, -0.2) is 9.97 Å². The third-order valence-corrected chi connectivity index (χ3v) is 5.51. The Labute approximate surface area is 181 Å². The fraction of sp³-hybridized carbons (Fsp3) is 0.478. The standard InChI is InChI=1S/C23H29N5O3/c1-14(2)21-26-20-22(25-15(3)29)24-13-28(23(20)27-21)12-16-9-10-18(30-4)19(11-16)31-17-7-5-6-8-17/h9-11,13-14,17H,5-8,12H2,1-4H3,(H,26,27). The highest BCUT2D eigenvalue weighted by Crippen LogP contribution is 2.32. The van der Waals surface area contributed by atoms with Crippen LogP contribution in [0, 0.1) is 0 Å². The van der Waals surface area contributed by atoms with Crippen LogP contribution < -0.4 is 15.0 Å². The Balaban J connectivity index is 1.72. The summed E-state index contributed by atoms with van der Waals surface area (Å²) in [6, 6.07) is 5.98. The van der Waals surface area contributed by atoms with E-state index in [-0.39, 0.29) is 17.9 Å². The molecule has 1 saturated carbocycles. The minimum absolute atomic E-state index is 0.207. The van der Waals surface area contributed by atoms with Gasteiger partial charge in [0, 0.05) is 12.8 Å². The number of nitrogens with zero attached hydrogens (tertiary/aromatic N) is 4. The zero-order valence-corrected chi connectivity index (χ0v) is 18.5. The van der Waals surface area contributed by atoms with Crippen LogP contribution in [-0.4, -0.2) is 38.6 Å². The number of hydrogen-bond donors (Lipinski definition) is 1. The average molecular weight is 424 g/mol. The van der Waals surface area contributed by atoms with Crippen LogP contribution in [0.15, 0.2) is 29.5 Å². The molecule has 31 heavy (non-hydrogen) atoms. The minimum Gasteiger partial charge on any atom is -0.493 e. The maximum atomic E-state index is 11.5. The van der Waals surface area contributed by atoms with Crippen molar-refractivity contribution in [1.29, 1.82) is 0 Å². The van der Waals surface area contributed by atoms with Gasteiger partial charge in [-0.05, 0) is 43.4 Å². The summed E-state index contributed by atoms with van der Waals surface area (Å²) in [5, 5.41) is 0. The molecule has 164 valence electrons. The molecule has 1 aromatic carbocycles. The number of fused-ring (bicyclic) bond motifs is 1. The minimum atomic E-state index is -0.295. The smallest absolute Gasteiger partial charge is 0.244 e. The lowest BCUT2D eigenvalue weighted by molar-refractivity contribution is -0.116. The molecule has 0 radical (unpaired) electrons. The van der Waals surface area contributed by atoms with Crippen LogP contribution >= 0.6 is 0 Å². The largest absolute Gasteiger partial charge is 0.493 e. The van der Waals surface area contributed by atoms with Gasteiger partial charge in [0.1, 0.15) is 11.3 Å². The second-order valence-electron chi connectivity index (χ2n) is 8.31. The van der Waals surface area contributed by atoms with Crippen LogP contribution in [0.25, 0.3) is 11.2 Å². The summed E-state index contributed by atoms with van der Waals surface area (Å²) in [6.45, 7) is 6.09. The quantitative estimate of drug-likeness (QED) is 0.652. The molecule has 3 aromatic rings. The maximum absolute atomic E-state index is 11.5. The first-order valence-electron chi connectivity index (χ1n) is 10.8. The Kier molecular flexibility index (Phi) is 6.06. The molecule has 2 aromatic heterocycles. The van der Waals surface area contributed by atoms with Crippen LogP contribution in [0.5, 0.6) is 11.5 Å². The van der Waals surface area contributed by atoms with E-state index in [1.165, 1.54) is 19.8 Å². The van der Waals surface area contributed by atoms with Gasteiger partial charge in [-0.1, -0.05) is 19.9 Å². The van der Waals surface area contributed by atoms with Gasteiger partial charge < -0.3 is 19.0 Å². The Morgan fingerprint density at radius 3 is 2.74 bits per heavy atom. The number of imidazole rings is 1. The summed E-state index contributed by atoms with van der Waals surface area (Å²) in [6.07, 6.45) is 6.51. The normalized spacial score (nSPS) is 15.2. The lowest BCUT2D eigenvalue weighted by atomic mass is 10.2. The number of aromatic amines is 1. The van der Waals surface area contributed by atoms with Crippen molar-refractivity contribution in [2.75, 3.05) is 7.11 Å². The number of carbonyl (C=O) groups excluding carboxylic acids is 1. The van der Waals surface area contributed by atoms with E-state index in [0.717, 1.165) is 35.7 Å². The lowest BCUT2D eigenvalue weighted by Crippen LogP contribution is -2.16. The van der Waals surface area contributed by atoms with E-state index in [1.807, 2.05) is 22.8 Å². The van der Waals surface area contributed by atoms with E-state index in [4.69, 9.17) is 14.5 Å². The van der Waals surface area contributed by atoms with Crippen molar-refractivity contribution in [3.05, 3.63) is 41.4 Å². The number of ether oxygens (including phenoxy) is 2. The SMILES string of the molecule is COc1ccc(Cn2cnc(=NC(C)=O)c3[nH]c(C(C)C)nc32)cc1OC1CCCC1. The molecular formula is C23H29N5O3. The van der Waals surface area contributed by atoms with Crippen molar-refractivity contribution in [3.63, 3.8) is 0 Å². The summed E-state index contributed by atoms with van der Waals surface area (Å²) in [5.74, 6) is 2.25. The molecule has 0 bridgehead atoms. The topological polar surface area (TPSA) is 94.4 Å². The van der Waals surface area contributed by atoms with E-state index in [9.17, 15) is 4.79 Å². The Morgan fingerprint density at radius 1 is 1.29 bits per heavy atom. The summed E-state index contributed by atoms with van der Waals surface area (Å²) >= 11 is 0. The van der Waals surface area contributed by atoms with Crippen LogP contribution in [0.3, 0.4) is 0 Å². The molecule has 1 aliphatic carbocycles. The lowest BCUT2D eigenvalue weighted by Gasteiger charge is -2.17. The molecule has 1 amide bonds. The number of H-pyrrole nitrogens is 1. The molecule has 2 heterocycles. The number of benzene rings is 1. The number of amides is 1. The van der Waals surface area contributed by atoms with Crippen molar-refractivity contribution in [2.24, 2.45) is 4.99 Å². The van der Waals surface area contributed by atoms with Crippen molar-refractivity contribution >= 4 is 17.1 Å². The fourth-order valence-electron chi connectivity index (χ4n) is 3.91. The molecule has 1 N–H and O–H groups in total. The van der Waals surface area contributed by atoms with Crippen LogP contribution in [0.4, 0.5) is 0 Å². The first-order valence-corrected chi connectivity index (χ1v) is 10.8. The van der Waals surface area contributed by atoms with Gasteiger partial charge in [0.15, 0.2) is 22.6 Å². The molecule has 8 nitrogen and oxygen atoms in total. The Morgan fingerprint density at radius 2 is 2.06 bits per heavy atom. The van der Waals surface area contributed by atoms with Crippen LogP contribution in [-0.2, 0) is 11.3 Å². The highest BCUT2D eigenvalue weighted by Gasteiger charge is 2.19. The first kappa shape index (κ1) is 21.1. The number of carbonyl (C=O) groups is 1. The second-order valence-corrected chi connectivity index (χ2v) is 8.31. The predicted molar refractivity (Wildman–Crippen MR) is 117 cm³/mol. The van der Waals surface area contributed by atoms with E-state index in [1.54, 1.807) is 13.4 Å². The molecule has 8 heteroatoms. The van der Waals surface area contributed by atoms with E-state index in [0.29, 0.717) is 23.2 Å². The molecule has 0 unspecified atom stereocenters. The third kappa shape index (κ3) is 4.62. The van der Waals surface area contributed by atoms with Crippen LogP contribution in [0.1, 0.15) is 63.8 Å². The first-order chi connectivity index (χ1) is 14.9. The Hall–Kier alpha value is -3.16. The maximum Gasteiger partial charge on any atom is 0.244 e. The van der Waals surface area contributed by atoms with Gasteiger partial charge in [0.25, 0.3) is 0 Å². The zero-order chi connectivity index (χ0) is 22.0. The fourth-order valence-corrected chi connectivity index (χ4v) is 3.91. The van der Waals surface area contributed by atoms with Crippen molar-refractivity contribution in [1.82, 2.24) is 19.5 Å². The molecule has 0 saturated heterocycles. The predicted octanol–water partition coefficient (Wildman–Crippen LogP) is 3.71. The van der Waals surface area contributed by atoms with Gasteiger partial charge in [-0.15, -0.1) is 0 Å². The second kappa shape index (κ2) is 8.91. The van der Waals surface area contributed by atoms with Crippen LogP contribution in [0.2, 0.25) is 0 Å². The van der Waals surface area contributed by atoms with Gasteiger partial charge in [0.2, 0.25) is 5.91 Å². The highest BCUT2D eigenvalue weighted by atomic mass is 16.5. The zero-order valence-electron chi connectivity index (χ0n) is 18.5. The van der Waals surface area contributed by atoms with Gasteiger partial charge in [-0.3, -0.25) is 4.79 Å². The third-order valence-electron chi connectivity index (χ3n) is 5.51. The van der Waals surface area contributed by atoms with Gasteiger partial charge in [-0.2, -0.15) is 4.99 Å². The number of methoxy groups -OCH3 is 1. The number of hydrogen-bond acceptors (Lipinski definition) is 5. The summed E-state index contributed by atoms with van der Waals surface area (Å²) < 4.78 is 13.7. The van der Waals surface area contributed by atoms with Crippen molar-refractivity contribution in [2.45, 2.75) is 65.0 Å². The molecule has 4 rings (SSSR count). The van der Waals surface area contributed by atoms with E-state index < -0.39 is 0 Å². The summed E-state index contributed by atoms with van der Waals surface area (Å²) in [5.41, 5.74) is 2.79. The number of rotatable bonds is 6. The molecule has 0 aliphatic heterocycles. The number of nitrogens with one attached hydrogen (secondary N) is 1. The highest BCUT2D eigenvalue weighted by molar-refractivity contribution is 5.76. The van der Waals surface area contributed by atoms with E-state index >= 15 is 0 Å². The number of aromatic nitrogens is 4. The van der Waals surface area contributed by atoms with Gasteiger partial charge >= 0.3 is 0 Å². The monoisotopic (exact) mass is 423 g/mol. The molecule has 0 atom stereocenters. The van der Waals surface area contributed by atoms with E-state index in [2.05, 4.69) is 28.8 Å². The molecule has 0 spiro atoms. The molecule has 1 aliphatic rings. The average Bonchev–Trinajstić information content (AvgIpc) is 3.40. The van der Waals surface area contributed by atoms with Crippen molar-refractivity contribution < 1.29 is 14.3 Å².